The smallest absolute Gasteiger partial charge is 0.407 e. The zero-order valence-corrected chi connectivity index (χ0v) is 37.1. The molecule has 4 aromatic rings. The number of aromatic nitrogens is 2. The second-order valence-corrected chi connectivity index (χ2v) is 18.0. The van der Waals surface area contributed by atoms with E-state index in [0.29, 0.717) is 32.6 Å². The van der Waals surface area contributed by atoms with Gasteiger partial charge in [-0.3, -0.25) is 14.6 Å². The summed E-state index contributed by atoms with van der Waals surface area (Å²) in [5.41, 5.74) is 11.6. The minimum absolute atomic E-state index is 0.0379. The molecule has 1 saturated heterocycles. The van der Waals surface area contributed by atoms with E-state index >= 15 is 0 Å². The maximum Gasteiger partial charge on any atom is 0.407 e. The molecular weight excluding hydrogens is 813 g/mol. The number of alkyl carbamates (subject to hydrolysis) is 2. The number of aromatic amines is 1. The number of carbonyl (C=O) groups is 4. The molecular formula is C50H56N6O8. The van der Waals surface area contributed by atoms with Gasteiger partial charge in [-0.25, -0.2) is 14.6 Å². The van der Waals surface area contributed by atoms with Crippen LogP contribution in [-0.4, -0.2) is 85.0 Å². The van der Waals surface area contributed by atoms with Crippen LogP contribution in [0.25, 0.3) is 28.0 Å². The van der Waals surface area contributed by atoms with Gasteiger partial charge in [-0.05, 0) is 108 Å². The molecule has 334 valence electrons. The molecule has 3 N–H and O–H groups in total. The summed E-state index contributed by atoms with van der Waals surface area (Å²) in [4.78, 5) is 68.1. The number of H-pyrrole nitrogens is 1. The lowest BCUT2D eigenvalue weighted by molar-refractivity contribution is -0.135. The van der Waals surface area contributed by atoms with Gasteiger partial charge >= 0.3 is 12.2 Å². The molecule has 14 heteroatoms. The van der Waals surface area contributed by atoms with E-state index in [2.05, 4.69) is 45.9 Å². The summed E-state index contributed by atoms with van der Waals surface area (Å²) in [6, 6.07) is 18.5. The number of imidazole rings is 1. The van der Waals surface area contributed by atoms with Crippen molar-refractivity contribution in [3.63, 3.8) is 0 Å². The third-order valence-corrected chi connectivity index (χ3v) is 13.8. The lowest BCUT2D eigenvalue weighted by Gasteiger charge is -2.30. The Hall–Kier alpha value is -6.28. The lowest BCUT2D eigenvalue weighted by atomic mass is 9.80. The van der Waals surface area contributed by atoms with Gasteiger partial charge in [-0.1, -0.05) is 56.3 Å². The van der Waals surface area contributed by atoms with Gasteiger partial charge < -0.3 is 39.5 Å². The fourth-order valence-corrected chi connectivity index (χ4v) is 10.6. The van der Waals surface area contributed by atoms with Crippen LogP contribution in [0.2, 0.25) is 0 Å². The fraction of sp³-hybridized carbons (Fsp3) is 0.440. The number of hydrogen-bond acceptors (Lipinski definition) is 10. The van der Waals surface area contributed by atoms with Crippen LogP contribution in [-0.2, 0) is 36.8 Å². The Morgan fingerprint density at radius 2 is 1.70 bits per heavy atom. The van der Waals surface area contributed by atoms with Crippen molar-refractivity contribution in [1.82, 2.24) is 25.5 Å². The Balaban J connectivity index is 0.924. The van der Waals surface area contributed by atoms with Crippen LogP contribution in [0.4, 0.5) is 9.59 Å². The number of aryl methyl sites for hydroxylation is 1. The van der Waals surface area contributed by atoms with Crippen LogP contribution >= 0.6 is 0 Å². The van der Waals surface area contributed by atoms with Gasteiger partial charge in [0.25, 0.3) is 0 Å². The molecule has 9 rings (SSSR count). The van der Waals surface area contributed by atoms with E-state index in [4.69, 9.17) is 28.9 Å². The van der Waals surface area contributed by atoms with Crippen LogP contribution in [0.3, 0.4) is 0 Å². The predicted octanol–water partition coefficient (Wildman–Crippen LogP) is 8.14. The average Bonchev–Trinajstić information content (AvgIpc) is 4.15. The zero-order valence-electron chi connectivity index (χ0n) is 37.1. The van der Waals surface area contributed by atoms with E-state index in [-0.39, 0.29) is 41.4 Å². The maximum atomic E-state index is 14.5. The first-order chi connectivity index (χ1) is 31.0. The van der Waals surface area contributed by atoms with Gasteiger partial charge in [0.15, 0.2) is 5.78 Å². The number of methoxy groups -OCH3 is 3. The number of likely N-dealkylation sites (tertiary alicyclic amines) is 1. The first-order valence-electron chi connectivity index (χ1n) is 22.4. The number of ether oxygens (including phenoxy) is 4. The molecule has 14 nitrogen and oxygen atoms in total. The van der Waals surface area contributed by atoms with Crippen molar-refractivity contribution < 1.29 is 38.1 Å². The molecule has 1 saturated carbocycles. The molecule has 4 heterocycles. The lowest BCUT2D eigenvalue weighted by Crippen LogP contribution is -2.51. The summed E-state index contributed by atoms with van der Waals surface area (Å²) in [6.07, 6.45) is 5.93. The van der Waals surface area contributed by atoms with Gasteiger partial charge in [0, 0.05) is 55.5 Å². The van der Waals surface area contributed by atoms with E-state index in [1.165, 1.54) is 25.4 Å². The number of aliphatic imine (C=N–C) groups is 1. The van der Waals surface area contributed by atoms with Crippen molar-refractivity contribution >= 4 is 35.2 Å². The number of Topliss-reactive ketones (excluding diaryl/α,β-unsaturated/α-hetero) is 1. The molecule has 64 heavy (non-hydrogen) atoms. The number of amides is 3. The fourth-order valence-electron chi connectivity index (χ4n) is 10.6. The first kappa shape index (κ1) is 43.0. The SMILES string of the molecule is COC[C@@H]1CC(C(=O)[C@H](NC(=O)OC)c2ccccc2)[C@H](C2=NC3=C(C2)c2cc4c(cc2CC3)-c2ccc(-c3cnc([C@@H]5CCCN5C(=O)[C@@H](NC(=O)OC)C(C)C)[nH]3)cc2CO4)C1. The van der Waals surface area contributed by atoms with E-state index in [0.717, 1.165) is 94.2 Å². The van der Waals surface area contributed by atoms with Crippen LogP contribution in [0, 0.1) is 23.7 Å². The highest BCUT2D eigenvalue weighted by Crippen LogP contribution is 2.49. The Labute approximate surface area is 373 Å². The van der Waals surface area contributed by atoms with Gasteiger partial charge in [0.1, 0.15) is 30.3 Å². The number of nitrogens with one attached hydrogen (secondary N) is 3. The number of fused-ring (bicyclic) bond motifs is 5. The molecule has 1 aromatic heterocycles. The van der Waals surface area contributed by atoms with Crippen molar-refractivity contribution in [3.05, 3.63) is 101 Å². The Morgan fingerprint density at radius 1 is 0.906 bits per heavy atom. The largest absolute Gasteiger partial charge is 0.488 e. The maximum absolute atomic E-state index is 14.5. The Bertz CT molecular complexity index is 2530. The number of hydrogen-bond donors (Lipinski definition) is 3. The van der Waals surface area contributed by atoms with Crippen LogP contribution in [0.5, 0.6) is 5.75 Å². The number of rotatable bonds is 12. The molecule has 0 radical (unpaired) electrons. The van der Waals surface area contributed by atoms with E-state index in [1.807, 2.05) is 55.3 Å². The molecule has 3 amide bonds. The van der Waals surface area contributed by atoms with Crippen LogP contribution in [0.1, 0.15) is 92.5 Å². The third-order valence-electron chi connectivity index (χ3n) is 13.8. The molecule has 0 spiro atoms. The summed E-state index contributed by atoms with van der Waals surface area (Å²) in [5.74, 6) is 1.03. The van der Waals surface area contributed by atoms with Gasteiger partial charge in [-0.15, -0.1) is 0 Å². The summed E-state index contributed by atoms with van der Waals surface area (Å²) in [6.45, 7) is 5.36. The quantitative estimate of drug-likeness (QED) is 0.127. The molecule has 1 unspecified atom stereocenters. The molecule has 2 fully saturated rings. The predicted molar refractivity (Wildman–Crippen MR) is 240 cm³/mol. The highest BCUT2D eigenvalue weighted by molar-refractivity contribution is 6.05. The Morgan fingerprint density at radius 3 is 2.47 bits per heavy atom. The number of allylic oxidation sites excluding steroid dienone is 2. The second-order valence-electron chi connectivity index (χ2n) is 18.0. The van der Waals surface area contributed by atoms with Crippen molar-refractivity contribution in [3.8, 4) is 28.1 Å². The number of carbonyl (C=O) groups excluding carboxylic acids is 4. The molecule has 2 aliphatic carbocycles. The van der Waals surface area contributed by atoms with E-state index < -0.39 is 24.3 Å². The average molecular weight is 869 g/mol. The summed E-state index contributed by atoms with van der Waals surface area (Å²) in [5, 5.41) is 5.53. The van der Waals surface area contributed by atoms with Crippen molar-refractivity contribution in [2.75, 3.05) is 34.5 Å². The first-order valence-corrected chi connectivity index (χ1v) is 22.4. The molecule has 6 atom stereocenters. The van der Waals surface area contributed by atoms with Crippen molar-refractivity contribution in [1.29, 1.82) is 0 Å². The Kier molecular flexibility index (Phi) is 12.1. The molecule has 3 aliphatic heterocycles. The minimum atomic E-state index is -0.839. The highest BCUT2D eigenvalue weighted by Gasteiger charge is 2.46. The summed E-state index contributed by atoms with van der Waals surface area (Å²) >= 11 is 0. The van der Waals surface area contributed by atoms with Gasteiger partial charge in [0.2, 0.25) is 5.91 Å². The topological polar surface area (TPSA) is 174 Å². The van der Waals surface area contributed by atoms with Crippen LogP contribution < -0.4 is 15.4 Å². The zero-order chi connectivity index (χ0) is 44.6. The third kappa shape index (κ3) is 8.19. The molecule has 3 aromatic carbocycles. The standard InChI is InChI=1S/C50H56N6O8/c1-27(2)44(54-49(59)62-4)48(58)56-17-9-12-42(56)47-51-24-41(53-47)31-13-15-33-32(20-31)26-64-43-23-34-30(21-37(33)43)14-16-39-36(34)22-40(52-39)35-18-28(25-61-3)19-38(35)46(57)45(55-50(60)63-5)29-10-7-6-8-11-29/h6-8,10-11,13,15,20-21,23-24,27-28,35,38,42,44-45H,9,12,14,16-19,22,25-26H2,1-5H3,(H,51,53)(H,54,59)(H,55,60)/t28-,35+,38?,42-,44-,45+/m0/s1. The highest BCUT2D eigenvalue weighted by atomic mass is 16.5. The van der Waals surface area contributed by atoms with Crippen LogP contribution in [0.15, 0.2) is 77.5 Å². The van der Waals surface area contributed by atoms with Gasteiger partial charge in [-0.2, -0.15) is 0 Å². The number of nitrogens with zero attached hydrogens (tertiary/aromatic N) is 3. The number of benzene rings is 3. The van der Waals surface area contributed by atoms with Crippen molar-refractivity contribution in [2.45, 2.75) is 83.5 Å². The monoisotopic (exact) mass is 868 g/mol. The second kappa shape index (κ2) is 18.1. The summed E-state index contributed by atoms with van der Waals surface area (Å²) < 4.78 is 21.8. The van der Waals surface area contributed by atoms with E-state index in [9.17, 15) is 19.2 Å². The normalized spacial score (nSPS) is 21.8. The summed E-state index contributed by atoms with van der Waals surface area (Å²) in [7, 11) is 4.30. The van der Waals surface area contributed by atoms with E-state index in [1.54, 1.807) is 7.11 Å². The minimum Gasteiger partial charge on any atom is -0.488 e. The van der Waals surface area contributed by atoms with Crippen molar-refractivity contribution in [2.24, 2.45) is 28.7 Å². The van der Waals surface area contributed by atoms with Gasteiger partial charge in [0.05, 0.1) is 32.2 Å². The number of ketones is 1. The molecule has 0 bridgehead atoms. The molecule has 5 aliphatic rings.